The standard InChI is InChI=1S/C26H27N5O3S/c1-26(2,3)20-13-11-18(12-14-20)23-28-30-25(31(23)16-21-10-7-15-34-21)35-17-22(32)27-29-24(33)19-8-5-4-6-9-19/h4-15H,16-17H2,1-3H3,(H,27,32)(H,29,33). The largest absolute Gasteiger partial charge is 0.467 e. The number of carbonyl (C=O) groups is 2. The van der Waals surface area contributed by atoms with Gasteiger partial charge in [0.25, 0.3) is 5.91 Å². The summed E-state index contributed by atoms with van der Waals surface area (Å²) in [6, 6.07) is 20.6. The van der Waals surface area contributed by atoms with Gasteiger partial charge in [0, 0.05) is 11.1 Å². The van der Waals surface area contributed by atoms with Gasteiger partial charge in [0.15, 0.2) is 11.0 Å². The molecule has 35 heavy (non-hydrogen) atoms. The molecule has 4 aromatic rings. The lowest BCUT2D eigenvalue weighted by atomic mass is 9.87. The van der Waals surface area contributed by atoms with E-state index in [0.717, 1.165) is 11.3 Å². The van der Waals surface area contributed by atoms with Gasteiger partial charge in [0.2, 0.25) is 5.91 Å². The molecular formula is C26H27N5O3S. The topological polar surface area (TPSA) is 102 Å². The molecule has 2 heterocycles. The van der Waals surface area contributed by atoms with Crippen molar-refractivity contribution in [1.29, 1.82) is 0 Å². The number of hydrogen-bond donors (Lipinski definition) is 2. The number of benzene rings is 2. The van der Waals surface area contributed by atoms with Gasteiger partial charge in [-0.2, -0.15) is 0 Å². The molecule has 4 rings (SSSR count). The van der Waals surface area contributed by atoms with Crippen molar-refractivity contribution in [3.63, 3.8) is 0 Å². The van der Waals surface area contributed by atoms with E-state index in [1.807, 2.05) is 34.9 Å². The molecule has 0 aliphatic heterocycles. The third-order valence-corrected chi connectivity index (χ3v) is 6.27. The number of amides is 2. The van der Waals surface area contributed by atoms with Crippen LogP contribution in [0.1, 0.15) is 42.5 Å². The maximum absolute atomic E-state index is 12.4. The van der Waals surface area contributed by atoms with Crippen LogP contribution in [0.15, 0.2) is 82.6 Å². The molecule has 0 atom stereocenters. The van der Waals surface area contributed by atoms with Crippen LogP contribution in [0, 0.1) is 0 Å². The monoisotopic (exact) mass is 489 g/mol. The van der Waals surface area contributed by atoms with Crippen molar-refractivity contribution in [1.82, 2.24) is 25.6 Å². The molecule has 0 saturated heterocycles. The van der Waals surface area contributed by atoms with Gasteiger partial charge in [0.1, 0.15) is 5.76 Å². The normalized spacial score (nSPS) is 11.3. The first-order chi connectivity index (χ1) is 16.8. The quantitative estimate of drug-likeness (QED) is 0.294. The highest BCUT2D eigenvalue weighted by molar-refractivity contribution is 7.99. The lowest BCUT2D eigenvalue weighted by molar-refractivity contribution is -0.119. The van der Waals surface area contributed by atoms with Crippen LogP contribution in [-0.4, -0.2) is 32.3 Å². The number of nitrogens with zero attached hydrogens (tertiary/aromatic N) is 3. The number of rotatable bonds is 7. The van der Waals surface area contributed by atoms with Crippen molar-refractivity contribution in [3.8, 4) is 11.4 Å². The Hall–Kier alpha value is -3.85. The highest BCUT2D eigenvalue weighted by Gasteiger charge is 2.19. The van der Waals surface area contributed by atoms with Gasteiger partial charge < -0.3 is 4.42 Å². The van der Waals surface area contributed by atoms with Crippen LogP contribution < -0.4 is 10.9 Å². The summed E-state index contributed by atoms with van der Waals surface area (Å²) in [5, 5.41) is 9.30. The summed E-state index contributed by atoms with van der Waals surface area (Å²) in [6.45, 7) is 6.93. The number of nitrogens with one attached hydrogen (secondary N) is 2. The third-order valence-electron chi connectivity index (χ3n) is 5.30. The average molecular weight is 490 g/mol. The Morgan fingerprint density at radius 1 is 0.943 bits per heavy atom. The smallest absolute Gasteiger partial charge is 0.269 e. The van der Waals surface area contributed by atoms with Gasteiger partial charge >= 0.3 is 0 Å². The van der Waals surface area contributed by atoms with E-state index in [0.29, 0.717) is 23.1 Å². The Morgan fingerprint density at radius 3 is 2.34 bits per heavy atom. The molecule has 0 unspecified atom stereocenters. The van der Waals surface area contributed by atoms with Crippen molar-refractivity contribution >= 4 is 23.6 Å². The Bertz CT molecular complexity index is 1280. The maximum Gasteiger partial charge on any atom is 0.269 e. The summed E-state index contributed by atoms with van der Waals surface area (Å²) in [5.41, 5.74) is 7.51. The van der Waals surface area contributed by atoms with E-state index in [4.69, 9.17) is 4.42 Å². The SMILES string of the molecule is CC(C)(C)c1ccc(-c2nnc(SCC(=O)NNC(=O)c3ccccc3)n2Cc2ccco2)cc1. The molecule has 8 nitrogen and oxygen atoms in total. The van der Waals surface area contributed by atoms with Gasteiger partial charge in [-0.25, -0.2) is 0 Å². The number of furan rings is 1. The van der Waals surface area contributed by atoms with Crippen LogP contribution in [0.5, 0.6) is 0 Å². The zero-order valence-electron chi connectivity index (χ0n) is 19.8. The molecule has 180 valence electrons. The molecule has 0 fully saturated rings. The summed E-state index contributed by atoms with van der Waals surface area (Å²) < 4.78 is 7.46. The molecular weight excluding hydrogens is 462 g/mol. The van der Waals surface area contributed by atoms with Crippen LogP contribution in [-0.2, 0) is 16.8 Å². The second-order valence-electron chi connectivity index (χ2n) is 8.96. The maximum atomic E-state index is 12.4. The molecule has 0 bridgehead atoms. The molecule has 0 saturated carbocycles. The average Bonchev–Trinajstić information content (AvgIpc) is 3.51. The number of hydrogen-bond acceptors (Lipinski definition) is 6. The first-order valence-corrected chi connectivity index (χ1v) is 12.1. The lowest BCUT2D eigenvalue weighted by Gasteiger charge is -2.19. The minimum atomic E-state index is -0.383. The number of hydrazine groups is 1. The fourth-order valence-electron chi connectivity index (χ4n) is 3.38. The fourth-order valence-corrected chi connectivity index (χ4v) is 4.12. The van der Waals surface area contributed by atoms with Crippen LogP contribution in [0.2, 0.25) is 0 Å². The number of aromatic nitrogens is 3. The molecule has 2 aromatic carbocycles. The molecule has 0 radical (unpaired) electrons. The van der Waals surface area contributed by atoms with E-state index in [2.05, 4.69) is 54.0 Å². The van der Waals surface area contributed by atoms with Crippen molar-refractivity contribution < 1.29 is 14.0 Å². The first-order valence-electron chi connectivity index (χ1n) is 11.1. The van der Waals surface area contributed by atoms with E-state index in [1.54, 1.807) is 30.5 Å². The van der Waals surface area contributed by atoms with Crippen LogP contribution >= 0.6 is 11.8 Å². The Kier molecular flexibility index (Phi) is 7.36. The minimum absolute atomic E-state index is 0.0463. The second kappa shape index (κ2) is 10.6. The summed E-state index contributed by atoms with van der Waals surface area (Å²) in [7, 11) is 0. The summed E-state index contributed by atoms with van der Waals surface area (Å²) in [4.78, 5) is 24.5. The Labute approximate surface area is 208 Å². The van der Waals surface area contributed by atoms with Crippen LogP contribution in [0.25, 0.3) is 11.4 Å². The van der Waals surface area contributed by atoms with Crippen molar-refractivity contribution in [2.45, 2.75) is 37.9 Å². The van der Waals surface area contributed by atoms with Crippen molar-refractivity contribution in [3.05, 3.63) is 89.9 Å². The Morgan fingerprint density at radius 2 is 1.69 bits per heavy atom. The molecule has 2 aromatic heterocycles. The summed E-state index contributed by atoms with van der Waals surface area (Å²) in [5.74, 6) is 0.740. The first kappa shape index (κ1) is 24.3. The number of thioether (sulfide) groups is 1. The van der Waals surface area contributed by atoms with Crippen LogP contribution in [0.4, 0.5) is 0 Å². The molecule has 0 aliphatic carbocycles. The summed E-state index contributed by atoms with van der Waals surface area (Å²) in [6.07, 6.45) is 1.62. The zero-order valence-corrected chi connectivity index (χ0v) is 20.6. The van der Waals surface area contributed by atoms with Gasteiger partial charge in [-0.05, 0) is 35.2 Å². The van der Waals surface area contributed by atoms with Gasteiger partial charge in [-0.15, -0.1) is 10.2 Å². The van der Waals surface area contributed by atoms with Crippen molar-refractivity contribution in [2.24, 2.45) is 0 Å². The summed E-state index contributed by atoms with van der Waals surface area (Å²) >= 11 is 1.23. The van der Waals surface area contributed by atoms with E-state index >= 15 is 0 Å². The van der Waals surface area contributed by atoms with E-state index in [1.165, 1.54) is 17.3 Å². The molecule has 0 spiro atoms. The van der Waals surface area contributed by atoms with Crippen molar-refractivity contribution in [2.75, 3.05) is 5.75 Å². The second-order valence-corrected chi connectivity index (χ2v) is 9.90. The molecule has 2 amide bonds. The highest BCUT2D eigenvalue weighted by Crippen LogP contribution is 2.28. The minimum Gasteiger partial charge on any atom is -0.467 e. The predicted molar refractivity (Wildman–Crippen MR) is 135 cm³/mol. The Balaban J connectivity index is 1.47. The highest BCUT2D eigenvalue weighted by atomic mass is 32.2. The van der Waals surface area contributed by atoms with E-state index in [-0.39, 0.29) is 23.0 Å². The predicted octanol–water partition coefficient (Wildman–Crippen LogP) is 4.44. The van der Waals surface area contributed by atoms with Gasteiger partial charge in [0.05, 0.1) is 18.6 Å². The van der Waals surface area contributed by atoms with Crippen LogP contribution in [0.3, 0.4) is 0 Å². The van der Waals surface area contributed by atoms with E-state index < -0.39 is 0 Å². The molecule has 0 aliphatic rings. The van der Waals surface area contributed by atoms with E-state index in [9.17, 15) is 9.59 Å². The lowest BCUT2D eigenvalue weighted by Crippen LogP contribution is -2.42. The third kappa shape index (κ3) is 6.19. The molecule has 9 heteroatoms. The molecule has 2 N–H and O–H groups in total. The van der Waals surface area contributed by atoms with Gasteiger partial charge in [-0.1, -0.05) is 75.0 Å². The van der Waals surface area contributed by atoms with Gasteiger partial charge in [-0.3, -0.25) is 25.0 Å². The number of carbonyl (C=O) groups excluding carboxylic acids is 2. The fraction of sp³-hybridized carbons (Fsp3) is 0.231. The zero-order chi connectivity index (χ0) is 24.8.